The highest BCUT2D eigenvalue weighted by molar-refractivity contribution is 5.64. The van der Waals surface area contributed by atoms with Gasteiger partial charge in [0.1, 0.15) is 11.9 Å². The summed E-state index contributed by atoms with van der Waals surface area (Å²) < 4.78 is 23.4. The molecule has 0 fully saturated rings. The average Bonchev–Trinajstić information content (AvgIpc) is 3.35. The van der Waals surface area contributed by atoms with Gasteiger partial charge in [0.15, 0.2) is 11.6 Å². The minimum Gasteiger partial charge on any atom is -0.482 e. The van der Waals surface area contributed by atoms with Crippen molar-refractivity contribution in [2.24, 2.45) is 7.05 Å². The van der Waals surface area contributed by atoms with Gasteiger partial charge in [-0.15, -0.1) is 0 Å². The monoisotopic (exact) mass is 378 g/mol. The number of benzene rings is 1. The first kappa shape index (κ1) is 17.7. The number of pyridine rings is 1. The molecule has 7 nitrogen and oxygen atoms in total. The Morgan fingerprint density at radius 1 is 1.14 bits per heavy atom. The smallest absolute Gasteiger partial charge is 0.166 e. The van der Waals surface area contributed by atoms with E-state index in [0.29, 0.717) is 11.3 Å². The molecule has 1 atom stereocenters. The molecule has 0 spiro atoms. The Hall–Kier alpha value is -3.68. The topological polar surface area (TPSA) is 83.8 Å². The van der Waals surface area contributed by atoms with Gasteiger partial charge in [-0.1, -0.05) is 0 Å². The molecule has 0 amide bonds. The predicted octanol–water partition coefficient (Wildman–Crippen LogP) is 3.53. The van der Waals surface area contributed by atoms with Crippen molar-refractivity contribution < 1.29 is 9.13 Å². The highest BCUT2D eigenvalue weighted by Gasteiger charge is 2.18. The molecular formula is C20H19FN6O. The van der Waals surface area contributed by atoms with Crippen LogP contribution in [0.5, 0.6) is 5.75 Å². The number of nitrogens with zero attached hydrogens (tertiary/aromatic N) is 5. The highest BCUT2D eigenvalue weighted by atomic mass is 19.1. The fourth-order valence-corrected chi connectivity index (χ4v) is 3.07. The first-order valence-corrected chi connectivity index (χ1v) is 8.73. The van der Waals surface area contributed by atoms with Gasteiger partial charge in [-0.25, -0.2) is 14.1 Å². The third kappa shape index (κ3) is 3.32. The quantitative estimate of drug-likeness (QED) is 0.574. The van der Waals surface area contributed by atoms with E-state index in [1.54, 1.807) is 46.3 Å². The molecule has 0 bridgehead atoms. The number of nitrogen functional groups attached to an aromatic ring is 1. The van der Waals surface area contributed by atoms with E-state index in [-0.39, 0.29) is 11.6 Å². The van der Waals surface area contributed by atoms with Crippen molar-refractivity contribution in [3.05, 3.63) is 72.6 Å². The van der Waals surface area contributed by atoms with Crippen molar-refractivity contribution in [3.8, 4) is 22.7 Å². The van der Waals surface area contributed by atoms with E-state index in [1.807, 2.05) is 26.1 Å². The van der Waals surface area contributed by atoms with Crippen LogP contribution in [0.1, 0.15) is 18.6 Å². The summed E-state index contributed by atoms with van der Waals surface area (Å²) in [5.41, 5.74) is 9.10. The summed E-state index contributed by atoms with van der Waals surface area (Å²) in [7, 11) is 1.85. The molecule has 4 aromatic rings. The molecule has 0 saturated heterocycles. The lowest BCUT2D eigenvalue weighted by Crippen LogP contribution is -2.10. The van der Waals surface area contributed by atoms with E-state index >= 15 is 0 Å². The van der Waals surface area contributed by atoms with E-state index in [4.69, 9.17) is 10.5 Å². The number of hydrogen-bond acceptors (Lipinski definition) is 5. The molecule has 4 rings (SSSR count). The zero-order chi connectivity index (χ0) is 19.7. The molecule has 3 aromatic heterocycles. The van der Waals surface area contributed by atoms with Gasteiger partial charge < -0.3 is 10.5 Å². The highest BCUT2D eigenvalue weighted by Crippen LogP contribution is 2.32. The third-order valence-electron chi connectivity index (χ3n) is 4.48. The third-order valence-corrected chi connectivity index (χ3v) is 4.48. The summed E-state index contributed by atoms with van der Waals surface area (Å²) in [6.07, 6.45) is 6.35. The molecule has 1 unspecified atom stereocenters. The summed E-state index contributed by atoms with van der Waals surface area (Å²) in [5.74, 6) is 0.327. The van der Waals surface area contributed by atoms with Crippen molar-refractivity contribution in [2.75, 3.05) is 5.73 Å². The second-order valence-electron chi connectivity index (χ2n) is 6.36. The zero-order valence-corrected chi connectivity index (χ0v) is 15.5. The lowest BCUT2D eigenvalue weighted by atomic mass is 10.1. The summed E-state index contributed by atoms with van der Waals surface area (Å²) in [5, 5.41) is 8.40. The van der Waals surface area contributed by atoms with Crippen LogP contribution in [-0.2, 0) is 7.05 Å². The molecule has 0 aliphatic heterocycles. The van der Waals surface area contributed by atoms with Crippen LogP contribution in [0.15, 0.2) is 61.2 Å². The Morgan fingerprint density at radius 3 is 2.71 bits per heavy atom. The van der Waals surface area contributed by atoms with Crippen LogP contribution < -0.4 is 10.5 Å². The second kappa shape index (κ2) is 7.15. The predicted molar refractivity (Wildman–Crippen MR) is 103 cm³/mol. The molecule has 2 N–H and O–H groups in total. The molecule has 1 aromatic carbocycles. The SMILES string of the molecule is CC(Oc1cc(-c2ccnn2C)cnc1N)c1cc(F)ccc1-n1cccn1. The normalized spacial score (nSPS) is 12.1. The molecule has 0 radical (unpaired) electrons. The van der Waals surface area contributed by atoms with Crippen molar-refractivity contribution in [1.82, 2.24) is 24.5 Å². The van der Waals surface area contributed by atoms with E-state index in [1.165, 1.54) is 12.1 Å². The van der Waals surface area contributed by atoms with Gasteiger partial charge in [0.2, 0.25) is 0 Å². The maximum absolute atomic E-state index is 13.9. The maximum Gasteiger partial charge on any atom is 0.166 e. The minimum atomic E-state index is -0.485. The Labute approximate surface area is 161 Å². The Balaban J connectivity index is 1.69. The number of aryl methyl sites for hydroxylation is 1. The van der Waals surface area contributed by atoms with E-state index in [9.17, 15) is 4.39 Å². The maximum atomic E-state index is 13.9. The van der Waals surface area contributed by atoms with Crippen molar-refractivity contribution in [2.45, 2.75) is 13.0 Å². The standard InChI is InChI=1S/C20H19FN6O/c1-13(16-11-15(21)4-5-18(16)27-9-3-7-25-27)28-19-10-14(12-23-20(19)22)17-6-8-24-26(17)2/h3-13H,1-2H3,(H2,22,23). The molecule has 3 heterocycles. The van der Waals surface area contributed by atoms with Crippen molar-refractivity contribution in [3.63, 3.8) is 0 Å². The first-order valence-electron chi connectivity index (χ1n) is 8.73. The summed E-state index contributed by atoms with van der Waals surface area (Å²) in [6, 6.07) is 10.00. The molecular weight excluding hydrogens is 359 g/mol. The zero-order valence-electron chi connectivity index (χ0n) is 15.5. The summed E-state index contributed by atoms with van der Waals surface area (Å²) >= 11 is 0. The van der Waals surface area contributed by atoms with Gasteiger partial charge in [0.25, 0.3) is 0 Å². The number of rotatable bonds is 5. The Kier molecular flexibility index (Phi) is 4.52. The number of ether oxygens (including phenoxy) is 1. The second-order valence-corrected chi connectivity index (χ2v) is 6.36. The minimum absolute atomic E-state index is 0.259. The van der Waals surface area contributed by atoms with Gasteiger partial charge in [0.05, 0.1) is 11.4 Å². The number of aromatic nitrogens is 5. The lowest BCUT2D eigenvalue weighted by molar-refractivity contribution is 0.227. The van der Waals surface area contributed by atoms with Gasteiger partial charge in [-0.3, -0.25) is 4.68 Å². The van der Waals surface area contributed by atoms with Crippen LogP contribution in [0.4, 0.5) is 10.2 Å². The first-order chi connectivity index (χ1) is 13.5. The van der Waals surface area contributed by atoms with Crippen LogP contribution in [0.3, 0.4) is 0 Å². The molecule has 0 saturated carbocycles. The fourth-order valence-electron chi connectivity index (χ4n) is 3.07. The van der Waals surface area contributed by atoms with Gasteiger partial charge in [-0.2, -0.15) is 10.2 Å². The van der Waals surface area contributed by atoms with E-state index < -0.39 is 6.10 Å². The summed E-state index contributed by atoms with van der Waals surface area (Å²) in [4.78, 5) is 4.23. The molecule has 0 aliphatic carbocycles. The molecule has 28 heavy (non-hydrogen) atoms. The van der Waals surface area contributed by atoms with Crippen LogP contribution in [0, 0.1) is 5.82 Å². The Morgan fingerprint density at radius 2 is 2.00 bits per heavy atom. The number of halogens is 1. The fraction of sp³-hybridized carbons (Fsp3) is 0.150. The van der Waals surface area contributed by atoms with E-state index in [0.717, 1.165) is 16.9 Å². The van der Waals surface area contributed by atoms with Crippen molar-refractivity contribution >= 4 is 5.82 Å². The largest absolute Gasteiger partial charge is 0.482 e. The molecule has 142 valence electrons. The number of nitrogens with two attached hydrogens (primary N) is 1. The Bertz CT molecular complexity index is 1110. The number of hydrogen-bond donors (Lipinski definition) is 1. The van der Waals surface area contributed by atoms with Crippen LogP contribution in [-0.4, -0.2) is 24.5 Å². The summed E-state index contributed by atoms with van der Waals surface area (Å²) in [6.45, 7) is 1.83. The number of anilines is 1. The van der Waals surface area contributed by atoms with Gasteiger partial charge >= 0.3 is 0 Å². The van der Waals surface area contributed by atoms with Crippen LogP contribution in [0.2, 0.25) is 0 Å². The average molecular weight is 378 g/mol. The lowest BCUT2D eigenvalue weighted by Gasteiger charge is -2.19. The molecule has 0 aliphatic rings. The van der Waals surface area contributed by atoms with Crippen LogP contribution >= 0.6 is 0 Å². The van der Waals surface area contributed by atoms with E-state index in [2.05, 4.69) is 15.2 Å². The van der Waals surface area contributed by atoms with Gasteiger partial charge in [-0.05, 0) is 43.3 Å². The van der Waals surface area contributed by atoms with Gasteiger partial charge in [0, 0.05) is 43.0 Å². The van der Waals surface area contributed by atoms with Crippen molar-refractivity contribution in [1.29, 1.82) is 0 Å². The van der Waals surface area contributed by atoms with Crippen LogP contribution in [0.25, 0.3) is 16.9 Å². The molecule has 8 heteroatoms.